The van der Waals surface area contributed by atoms with Gasteiger partial charge >= 0.3 is 0 Å². The van der Waals surface area contributed by atoms with Gasteiger partial charge in [0.1, 0.15) is 0 Å². The molecule has 0 aromatic heterocycles. The molecule has 0 radical (unpaired) electrons. The number of carbonyl (C=O) groups is 1. The molecule has 1 aliphatic rings. The Morgan fingerprint density at radius 3 is 2.81 bits per heavy atom. The lowest BCUT2D eigenvalue weighted by molar-refractivity contribution is -0.116. The summed E-state index contributed by atoms with van der Waals surface area (Å²) >= 11 is 5.86. The van der Waals surface area contributed by atoms with Crippen LogP contribution in [0.15, 0.2) is 40.9 Å². The van der Waals surface area contributed by atoms with Crippen LogP contribution in [-0.4, -0.2) is 5.91 Å². The van der Waals surface area contributed by atoms with Crippen LogP contribution in [0.5, 0.6) is 0 Å². The molecule has 0 bridgehead atoms. The number of hydrogen-bond donors (Lipinski definition) is 2. The molecule has 0 saturated heterocycles. The fraction of sp³-hybridized carbons (Fsp3) is 0.188. The number of benzene rings is 2. The van der Waals surface area contributed by atoms with Gasteiger partial charge in [0.15, 0.2) is 0 Å². The highest BCUT2D eigenvalue weighted by Gasteiger charge is 2.18. The molecule has 21 heavy (non-hydrogen) atoms. The number of amides is 1. The zero-order chi connectivity index (χ0) is 15.0. The summed E-state index contributed by atoms with van der Waals surface area (Å²) in [6, 6.07) is 12.0. The Labute approximate surface area is 145 Å². The summed E-state index contributed by atoms with van der Waals surface area (Å²) in [5.41, 5.74) is 10.6. The van der Waals surface area contributed by atoms with Gasteiger partial charge < -0.3 is 11.1 Å². The van der Waals surface area contributed by atoms with Crippen molar-refractivity contribution in [3.05, 3.63) is 61.1 Å². The van der Waals surface area contributed by atoms with Gasteiger partial charge in [-0.1, -0.05) is 28.1 Å². The molecular weight excluding hydrogens is 443 g/mol. The van der Waals surface area contributed by atoms with E-state index in [4.69, 9.17) is 5.73 Å². The summed E-state index contributed by atoms with van der Waals surface area (Å²) in [6.07, 6.45) is 1.31. The number of anilines is 1. The van der Waals surface area contributed by atoms with Gasteiger partial charge in [-0.3, -0.25) is 4.79 Å². The Hall–Kier alpha value is -0.920. The first-order valence-corrected chi connectivity index (χ1v) is 8.55. The minimum Gasteiger partial charge on any atom is -0.326 e. The third kappa shape index (κ3) is 3.14. The van der Waals surface area contributed by atoms with E-state index in [1.54, 1.807) is 0 Å². The van der Waals surface area contributed by atoms with Crippen molar-refractivity contribution in [3.63, 3.8) is 0 Å². The van der Waals surface area contributed by atoms with E-state index >= 15 is 0 Å². The Bertz CT molecular complexity index is 717. The highest BCUT2D eigenvalue weighted by atomic mass is 127. The van der Waals surface area contributed by atoms with Gasteiger partial charge in [0.25, 0.3) is 0 Å². The molecule has 1 atom stereocenters. The second-order valence-corrected chi connectivity index (χ2v) is 7.21. The van der Waals surface area contributed by atoms with E-state index in [1.165, 1.54) is 0 Å². The molecule has 3 N–H and O–H groups in total. The zero-order valence-electron chi connectivity index (χ0n) is 11.2. The average Bonchev–Trinajstić information content (AvgIpc) is 2.48. The minimum absolute atomic E-state index is 0.0832. The van der Waals surface area contributed by atoms with E-state index in [9.17, 15) is 4.79 Å². The van der Waals surface area contributed by atoms with Gasteiger partial charge in [0.2, 0.25) is 5.91 Å². The van der Waals surface area contributed by atoms with Crippen molar-refractivity contribution >= 4 is 50.1 Å². The SMILES string of the molecule is NC(c1ccc2c(c1)CCC(=O)N2)c1cc(I)ccc1Br. The number of rotatable bonds is 2. The molecule has 1 unspecified atom stereocenters. The molecule has 5 heteroatoms. The normalized spacial score (nSPS) is 15.3. The predicted octanol–water partition coefficient (Wildman–Crippen LogP) is 3.99. The van der Waals surface area contributed by atoms with Gasteiger partial charge in [-0.05, 0) is 70.0 Å². The van der Waals surface area contributed by atoms with Crippen molar-refractivity contribution < 1.29 is 4.79 Å². The lowest BCUT2D eigenvalue weighted by atomic mass is 9.94. The third-order valence-electron chi connectivity index (χ3n) is 3.68. The number of halogens is 2. The topological polar surface area (TPSA) is 55.1 Å². The summed E-state index contributed by atoms with van der Waals surface area (Å²) in [5, 5.41) is 2.90. The van der Waals surface area contributed by atoms with E-state index in [0.717, 1.165) is 36.8 Å². The van der Waals surface area contributed by atoms with Gasteiger partial charge in [-0.15, -0.1) is 0 Å². The summed E-state index contributed by atoms with van der Waals surface area (Å²) in [5.74, 6) is 0.0832. The van der Waals surface area contributed by atoms with Crippen molar-refractivity contribution in [1.82, 2.24) is 0 Å². The monoisotopic (exact) mass is 456 g/mol. The number of nitrogens with two attached hydrogens (primary N) is 1. The summed E-state index contributed by atoms with van der Waals surface area (Å²) in [7, 11) is 0. The van der Waals surface area contributed by atoms with Crippen LogP contribution < -0.4 is 11.1 Å². The summed E-state index contributed by atoms with van der Waals surface area (Å²) in [4.78, 5) is 11.4. The van der Waals surface area contributed by atoms with Crippen LogP contribution in [0.4, 0.5) is 5.69 Å². The van der Waals surface area contributed by atoms with Gasteiger partial charge in [-0.25, -0.2) is 0 Å². The first-order valence-electron chi connectivity index (χ1n) is 6.68. The Balaban J connectivity index is 1.97. The van der Waals surface area contributed by atoms with E-state index in [1.807, 2.05) is 24.3 Å². The second kappa shape index (κ2) is 6.06. The standard InChI is InChI=1S/C16H14BrIN2O/c17-13-4-3-11(18)8-12(13)16(19)10-1-5-14-9(7-10)2-6-15(21)20-14/h1,3-5,7-8,16H,2,6,19H2,(H,20,21). The molecule has 0 spiro atoms. The minimum atomic E-state index is -0.183. The Morgan fingerprint density at radius 1 is 1.19 bits per heavy atom. The highest BCUT2D eigenvalue weighted by molar-refractivity contribution is 14.1. The van der Waals surface area contributed by atoms with Crippen LogP contribution in [0.3, 0.4) is 0 Å². The highest BCUT2D eigenvalue weighted by Crippen LogP contribution is 2.31. The molecule has 1 amide bonds. The molecule has 0 fully saturated rings. The first-order chi connectivity index (χ1) is 10.0. The van der Waals surface area contributed by atoms with E-state index in [2.05, 4.69) is 56.0 Å². The smallest absolute Gasteiger partial charge is 0.224 e. The van der Waals surface area contributed by atoms with Gasteiger partial charge in [0, 0.05) is 20.2 Å². The maximum Gasteiger partial charge on any atom is 0.224 e. The van der Waals surface area contributed by atoms with Crippen LogP contribution in [0.1, 0.15) is 29.2 Å². The van der Waals surface area contributed by atoms with Crippen LogP contribution in [0.25, 0.3) is 0 Å². The molecule has 2 aromatic rings. The maximum absolute atomic E-state index is 11.4. The van der Waals surface area contributed by atoms with E-state index in [-0.39, 0.29) is 11.9 Å². The number of nitrogens with one attached hydrogen (secondary N) is 1. The van der Waals surface area contributed by atoms with Crippen LogP contribution >= 0.6 is 38.5 Å². The number of carbonyl (C=O) groups excluding carboxylic acids is 1. The van der Waals surface area contributed by atoms with Crippen molar-refractivity contribution in [3.8, 4) is 0 Å². The molecule has 108 valence electrons. The number of hydrogen-bond acceptors (Lipinski definition) is 2. The fourth-order valence-corrected chi connectivity index (χ4v) is 3.54. The maximum atomic E-state index is 11.4. The quantitative estimate of drug-likeness (QED) is 0.671. The van der Waals surface area contributed by atoms with E-state index in [0.29, 0.717) is 6.42 Å². The van der Waals surface area contributed by atoms with Gasteiger partial charge in [0.05, 0.1) is 6.04 Å². The Kier molecular flexibility index (Phi) is 4.33. The van der Waals surface area contributed by atoms with Gasteiger partial charge in [-0.2, -0.15) is 0 Å². The fourth-order valence-electron chi connectivity index (χ4n) is 2.53. The molecule has 2 aromatic carbocycles. The lowest BCUT2D eigenvalue weighted by Gasteiger charge is -2.20. The summed E-state index contributed by atoms with van der Waals surface area (Å²) < 4.78 is 2.17. The van der Waals surface area contributed by atoms with E-state index < -0.39 is 0 Å². The summed E-state index contributed by atoms with van der Waals surface area (Å²) in [6.45, 7) is 0. The average molecular weight is 457 g/mol. The van der Waals surface area contributed by atoms with Crippen molar-refractivity contribution in [2.24, 2.45) is 5.73 Å². The molecule has 3 rings (SSSR count). The first kappa shape index (κ1) is 15.0. The largest absolute Gasteiger partial charge is 0.326 e. The predicted molar refractivity (Wildman–Crippen MR) is 96.3 cm³/mol. The van der Waals surface area contributed by atoms with Crippen LogP contribution in [-0.2, 0) is 11.2 Å². The van der Waals surface area contributed by atoms with Crippen LogP contribution in [0.2, 0.25) is 0 Å². The molecule has 0 aliphatic carbocycles. The Morgan fingerprint density at radius 2 is 2.00 bits per heavy atom. The van der Waals surface area contributed by atoms with Crippen molar-refractivity contribution in [1.29, 1.82) is 0 Å². The lowest BCUT2D eigenvalue weighted by Crippen LogP contribution is -2.20. The molecule has 3 nitrogen and oxygen atoms in total. The number of aryl methyl sites for hydroxylation is 1. The molecular formula is C16H14BrIN2O. The third-order valence-corrected chi connectivity index (χ3v) is 5.07. The second-order valence-electron chi connectivity index (χ2n) is 5.11. The molecule has 1 heterocycles. The zero-order valence-corrected chi connectivity index (χ0v) is 14.9. The van der Waals surface area contributed by atoms with Crippen molar-refractivity contribution in [2.75, 3.05) is 5.32 Å². The molecule has 0 saturated carbocycles. The molecule has 1 aliphatic heterocycles. The van der Waals surface area contributed by atoms with Crippen molar-refractivity contribution in [2.45, 2.75) is 18.9 Å². The van der Waals surface area contributed by atoms with Crippen LogP contribution in [0, 0.1) is 3.57 Å². The number of fused-ring (bicyclic) bond motifs is 1.